The van der Waals surface area contributed by atoms with Gasteiger partial charge in [-0.05, 0) is 12.3 Å². The van der Waals surface area contributed by atoms with Gasteiger partial charge in [-0.25, -0.2) is 4.98 Å². The highest BCUT2D eigenvalue weighted by Crippen LogP contribution is 2.37. The minimum atomic E-state index is 0.298. The first kappa shape index (κ1) is 10.6. The molecule has 0 saturated heterocycles. The van der Waals surface area contributed by atoms with Crippen molar-refractivity contribution < 1.29 is 9.53 Å². The number of methoxy groups -OCH3 is 1. The molecule has 0 bridgehead atoms. The van der Waals surface area contributed by atoms with Crippen LogP contribution in [0.1, 0.15) is 37.8 Å². The molecule has 1 aromatic rings. The van der Waals surface area contributed by atoms with Crippen LogP contribution in [0.25, 0.3) is 0 Å². The van der Waals surface area contributed by atoms with Crippen LogP contribution in [0.5, 0.6) is 5.19 Å². The number of nitrogens with zero attached hydrogens (tertiary/aromatic N) is 1. The third kappa shape index (κ3) is 2.20. The SMILES string of the molecule is COc1nc(C2CC(=O)CCC2C)cs1. The topological polar surface area (TPSA) is 39.2 Å². The molecule has 82 valence electrons. The van der Waals surface area contributed by atoms with Gasteiger partial charge in [0.2, 0.25) is 0 Å². The highest BCUT2D eigenvalue weighted by Gasteiger charge is 2.29. The zero-order valence-corrected chi connectivity index (χ0v) is 9.84. The van der Waals surface area contributed by atoms with Crippen LogP contribution in [0.3, 0.4) is 0 Å². The van der Waals surface area contributed by atoms with Gasteiger partial charge in [-0.2, -0.15) is 0 Å². The van der Waals surface area contributed by atoms with E-state index in [4.69, 9.17) is 4.74 Å². The number of thiazole rings is 1. The van der Waals surface area contributed by atoms with Crippen LogP contribution in [0.4, 0.5) is 0 Å². The molecule has 2 rings (SSSR count). The van der Waals surface area contributed by atoms with E-state index < -0.39 is 0 Å². The summed E-state index contributed by atoms with van der Waals surface area (Å²) in [5, 5.41) is 2.70. The van der Waals surface area contributed by atoms with Gasteiger partial charge in [0.05, 0.1) is 12.8 Å². The third-order valence-electron chi connectivity index (χ3n) is 3.07. The first-order valence-electron chi connectivity index (χ1n) is 5.22. The van der Waals surface area contributed by atoms with E-state index in [1.165, 1.54) is 11.3 Å². The lowest BCUT2D eigenvalue weighted by Gasteiger charge is -2.26. The summed E-state index contributed by atoms with van der Waals surface area (Å²) >= 11 is 1.50. The molecular weight excluding hydrogens is 210 g/mol. The second-order valence-electron chi connectivity index (χ2n) is 4.11. The first-order valence-corrected chi connectivity index (χ1v) is 6.09. The number of carbonyl (C=O) groups excluding carboxylic acids is 1. The minimum Gasteiger partial charge on any atom is -0.473 e. The van der Waals surface area contributed by atoms with Crippen LogP contribution >= 0.6 is 11.3 Å². The molecule has 1 heterocycles. The lowest BCUT2D eigenvalue weighted by molar-refractivity contribution is -0.121. The molecule has 1 aliphatic rings. The van der Waals surface area contributed by atoms with Crippen LogP contribution in [0.2, 0.25) is 0 Å². The molecule has 0 amide bonds. The highest BCUT2D eigenvalue weighted by molar-refractivity contribution is 7.11. The number of aromatic nitrogens is 1. The molecule has 0 radical (unpaired) electrons. The summed E-state index contributed by atoms with van der Waals surface area (Å²) in [7, 11) is 1.62. The largest absolute Gasteiger partial charge is 0.473 e. The fourth-order valence-electron chi connectivity index (χ4n) is 2.07. The molecule has 3 nitrogen and oxygen atoms in total. The number of carbonyl (C=O) groups is 1. The lowest BCUT2D eigenvalue weighted by atomic mass is 9.78. The molecule has 1 fully saturated rings. The fraction of sp³-hybridized carbons (Fsp3) is 0.636. The number of hydrogen-bond acceptors (Lipinski definition) is 4. The van der Waals surface area contributed by atoms with Crippen molar-refractivity contribution in [2.24, 2.45) is 5.92 Å². The Balaban J connectivity index is 2.17. The van der Waals surface area contributed by atoms with Crippen molar-refractivity contribution in [2.75, 3.05) is 7.11 Å². The standard InChI is InChI=1S/C11H15NO2S/c1-7-3-4-8(13)5-9(7)10-6-15-11(12-10)14-2/h6-7,9H,3-5H2,1-2H3. The third-order valence-corrected chi connectivity index (χ3v) is 3.89. The number of Topliss-reactive ketones (excluding diaryl/α,β-unsaturated/α-hetero) is 1. The molecule has 1 aliphatic carbocycles. The number of ketones is 1. The van der Waals surface area contributed by atoms with Crippen molar-refractivity contribution in [3.05, 3.63) is 11.1 Å². The fourth-order valence-corrected chi connectivity index (χ4v) is 2.77. The van der Waals surface area contributed by atoms with E-state index in [1.54, 1.807) is 7.11 Å². The Morgan fingerprint density at radius 2 is 2.40 bits per heavy atom. The van der Waals surface area contributed by atoms with Gasteiger partial charge in [0.25, 0.3) is 5.19 Å². The monoisotopic (exact) mass is 225 g/mol. The van der Waals surface area contributed by atoms with Gasteiger partial charge in [0.15, 0.2) is 0 Å². The van der Waals surface area contributed by atoms with E-state index in [2.05, 4.69) is 11.9 Å². The molecule has 2 unspecified atom stereocenters. The average molecular weight is 225 g/mol. The van der Waals surface area contributed by atoms with Gasteiger partial charge in [0.1, 0.15) is 5.78 Å². The van der Waals surface area contributed by atoms with Gasteiger partial charge in [-0.3, -0.25) is 4.79 Å². The van der Waals surface area contributed by atoms with Gasteiger partial charge in [0, 0.05) is 24.1 Å². The van der Waals surface area contributed by atoms with Crippen molar-refractivity contribution in [3.63, 3.8) is 0 Å². The number of rotatable bonds is 2. The van der Waals surface area contributed by atoms with Crippen molar-refractivity contribution in [3.8, 4) is 5.19 Å². The molecule has 2 atom stereocenters. The average Bonchev–Trinajstić information content (AvgIpc) is 2.70. The van der Waals surface area contributed by atoms with Crippen molar-refractivity contribution >= 4 is 17.1 Å². The van der Waals surface area contributed by atoms with Gasteiger partial charge in [-0.15, -0.1) is 0 Å². The van der Waals surface area contributed by atoms with Crippen LogP contribution in [0, 0.1) is 5.92 Å². The van der Waals surface area contributed by atoms with E-state index in [0.29, 0.717) is 29.2 Å². The van der Waals surface area contributed by atoms with E-state index in [1.807, 2.05) is 5.38 Å². The maximum atomic E-state index is 11.4. The van der Waals surface area contributed by atoms with Crippen molar-refractivity contribution in [2.45, 2.75) is 32.1 Å². The molecule has 0 N–H and O–H groups in total. The first-order chi connectivity index (χ1) is 7.20. The quantitative estimate of drug-likeness (QED) is 0.776. The Morgan fingerprint density at radius 3 is 3.07 bits per heavy atom. The Hall–Kier alpha value is -0.900. The van der Waals surface area contributed by atoms with Crippen LogP contribution < -0.4 is 4.74 Å². The van der Waals surface area contributed by atoms with Gasteiger partial charge < -0.3 is 4.74 Å². The Bertz CT molecular complexity index is 361. The maximum Gasteiger partial charge on any atom is 0.273 e. The summed E-state index contributed by atoms with van der Waals surface area (Å²) < 4.78 is 5.07. The van der Waals surface area contributed by atoms with Crippen LogP contribution in [-0.2, 0) is 4.79 Å². The smallest absolute Gasteiger partial charge is 0.273 e. The molecule has 15 heavy (non-hydrogen) atoms. The van der Waals surface area contributed by atoms with E-state index in [-0.39, 0.29) is 0 Å². The normalized spacial score (nSPS) is 26.7. The van der Waals surface area contributed by atoms with Gasteiger partial charge in [-0.1, -0.05) is 18.3 Å². The summed E-state index contributed by atoms with van der Waals surface area (Å²) in [6.45, 7) is 2.20. The van der Waals surface area contributed by atoms with Crippen molar-refractivity contribution in [1.29, 1.82) is 0 Å². The van der Waals surface area contributed by atoms with E-state index >= 15 is 0 Å². The highest BCUT2D eigenvalue weighted by atomic mass is 32.1. The number of ether oxygens (including phenoxy) is 1. The molecule has 4 heteroatoms. The van der Waals surface area contributed by atoms with E-state index in [9.17, 15) is 4.79 Å². The minimum absolute atomic E-state index is 0.298. The van der Waals surface area contributed by atoms with Crippen molar-refractivity contribution in [1.82, 2.24) is 4.98 Å². The predicted octanol–water partition coefficient (Wildman–Crippen LogP) is 2.62. The summed E-state index contributed by atoms with van der Waals surface area (Å²) in [6.07, 6.45) is 2.37. The molecule has 0 aliphatic heterocycles. The summed E-state index contributed by atoms with van der Waals surface area (Å²) in [6, 6.07) is 0. The second kappa shape index (κ2) is 4.31. The zero-order chi connectivity index (χ0) is 10.8. The maximum absolute atomic E-state index is 11.4. The Morgan fingerprint density at radius 1 is 1.60 bits per heavy atom. The molecule has 1 aromatic heterocycles. The summed E-state index contributed by atoms with van der Waals surface area (Å²) in [5.41, 5.74) is 1.03. The lowest BCUT2D eigenvalue weighted by Crippen LogP contribution is -2.21. The Kier molecular flexibility index (Phi) is 3.05. The molecular formula is C11H15NO2S. The molecule has 0 aromatic carbocycles. The van der Waals surface area contributed by atoms with Crippen LogP contribution in [0.15, 0.2) is 5.38 Å². The Labute approximate surface area is 93.5 Å². The predicted molar refractivity (Wildman–Crippen MR) is 59.4 cm³/mol. The zero-order valence-electron chi connectivity index (χ0n) is 9.03. The molecule has 0 spiro atoms. The second-order valence-corrected chi connectivity index (χ2v) is 4.93. The molecule has 1 saturated carbocycles. The van der Waals surface area contributed by atoms with Gasteiger partial charge >= 0.3 is 0 Å². The summed E-state index contributed by atoms with van der Waals surface area (Å²) in [4.78, 5) is 15.8. The number of hydrogen-bond donors (Lipinski definition) is 0. The van der Waals surface area contributed by atoms with E-state index in [0.717, 1.165) is 18.5 Å². The van der Waals surface area contributed by atoms with Crippen LogP contribution in [-0.4, -0.2) is 17.9 Å². The summed E-state index contributed by atoms with van der Waals surface area (Å²) in [5.74, 6) is 1.21.